The molecule has 0 aliphatic rings. The average Bonchev–Trinajstić information content (AvgIpc) is 2.03. The summed E-state index contributed by atoms with van der Waals surface area (Å²) in [4.78, 5) is 3.75. The molecule has 0 fully saturated rings. The van der Waals surface area contributed by atoms with Gasteiger partial charge in [0.1, 0.15) is 0 Å². The Hall–Kier alpha value is -0.810. The molecule has 0 amide bonds. The number of hydrogen-bond acceptors (Lipinski definition) is 3. The smallest absolute Gasteiger partial charge is 0.263 e. The maximum Gasteiger partial charge on any atom is 0.321 e. The zero-order chi connectivity index (χ0) is 9.19. The molecule has 1 rings (SSSR count). The summed E-state index contributed by atoms with van der Waals surface area (Å²) >= 11 is 0. The fourth-order valence-corrected chi connectivity index (χ4v) is 1.26. The quantitative estimate of drug-likeness (QED) is 0.679. The summed E-state index contributed by atoms with van der Waals surface area (Å²) in [6.45, 7) is 0. The number of aromatic nitrogens is 1. The molecular weight excluding hydrogens is 200 g/mol. The molecule has 1 heterocycles. The molecule has 66 valence electrons. The van der Waals surface area contributed by atoms with Crippen LogP contribution >= 0.6 is 10.7 Å². The second-order valence-electron chi connectivity index (χ2n) is 2.12. The van der Waals surface area contributed by atoms with Crippen molar-refractivity contribution < 1.29 is 8.42 Å². The normalized spacial score (nSPS) is 11.2. The molecule has 1 aromatic heterocycles. The van der Waals surface area contributed by atoms with E-state index in [0.29, 0.717) is 5.69 Å². The Morgan fingerprint density at radius 3 is 2.67 bits per heavy atom. The Balaban J connectivity index is 3.02. The Labute approximate surface area is 75.3 Å². The number of halogens is 1. The Kier molecular flexibility index (Phi) is 2.54. The van der Waals surface area contributed by atoms with Crippen LogP contribution in [0.1, 0.15) is 0 Å². The first-order valence-electron chi connectivity index (χ1n) is 3.10. The molecule has 0 unspecified atom stereocenters. The van der Waals surface area contributed by atoms with Gasteiger partial charge in [-0.1, -0.05) is 0 Å². The molecule has 0 N–H and O–H groups in total. The highest BCUT2D eigenvalue weighted by Crippen LogP contribution is 2.15. The van der Waals surface area contributed by atoms with Crippen LogP contribution in [0.4, 0.5) is 5.69 Å². The molecular formula is C6H7ClN2O2S. The summed E-state index contributed by atoms with van der Waals surface area (Å²) in [5, 5.41) is 0. The second-order valence-corrected chi connectivity index (χ2v) is 4.66. The maximum absolute atomic E-state index is 10.8. The number of anilines is 1. The minimum Gasteiger partial charge on any atom is -0.263 e. The van der Waals surface area contributed by atoms with Crippen molar-refractivity contribution in [1.29, 1.82) is 0 Å². The third-order valence-electron chi connectivity index (χ3n) is 1.34. The molecule has 0 saturated carbocycles. The van der Waals surface area contributed by atoms with E-state index in [4.69, 9.17) is 10.7 Å². The van der Waals surface area contributed by atoms with Crippen LogP contribution in [0.5, 0.6) is 0 Å². The summed E-state index contributed by atoms with van der Waals surface area (Å²) < 4.78 is 22.5. The van der Waals surface area contributed by atoms with Crippen molar-refractivity contribution in [2.24, 2.45) is 0 Å². The zero-order valence-electron chi connectivity index (χ0n) is 6.31. The maximum atomic E-state index is 10.8. The van der Waals surface area contributed by atoms with Gasteiger partial charge in [-0.25, -0.2) is 0 Å². The number of pyridine rings is 1. The standard InChI is InChI=1S/C6H7ClN2O2S/c1-9(12(7,10)11)6-3-2-4-8-5-6/h2-5H,1H3. The second kappa shape index (κ2) is 3.28. The Bertz CT molecular complexity index is 351. The molecule has 0 aromatic carbocycles. The fraction of sp³-hybridized carbons (Fsp3) is 0.167. The van der Waals surface area contributed by atoms with E-state index in [1.165, 1.54) is 13.2 Å². The van der Waals surface area contributed by atoms with Crippen molar-refractivity contribution in [3.05, 3.63) is 24.5 Å². The summed E-state index contributed by atoms with van der Waals surface area (Å²) in [5.74, 6) is 0. The van der Waals surface area contributed by atoms with E-state index in [-0.39, 0.29) is 0 Å². The van der Waals surface area contributed by atoms with Gasteiger partial charge in [0, 0.05) is 23.9 Å². The van der Waals surface area contributed by atoms with Crippen molar-refractivity contribution in [2.45, 2.75) is 0 Å². The third kappa shape index (κ3) is 2.09. The van der Waals surface area contributed by atoms with E-state index in [1.54, 1.807) is 18.3 Å². The minimum absolute atomic E-state index is 0.438. The van der Waals surface area contributed by atoms with Crippen LogP contribution in [-0.4, -0.2) is 20.4 Å². The lowest BCUT2D eigenvalue weighted by atomic mass is 10.4. The first-order chi connectivity index (χ1) is 5.52. The molecule has 0 saturated heterocycles. The van der Waals surface area contributed by atoms with Gasteiger partial charge in [-0.05, 0) is 12.1 Å². The Morgan fingerprint density at radius 2 is 2.25 bits per heavy atom. The first kappa shape index (κ1) is 9.28. The van der Waals surface area contributed by atoms with Crippen molar-refractivity contribution in [3.63, 3.8) is 0 Å². The predicted octanol–water partition coefficient (Wildman–Crippen LogP) is 1.00. The van der Waals surface area contributed by atoms with Gasteiger partial charge in [0.05, 0.1) is 11.9 Å². The highest BCUT2D eigenvalue weighted by molar-refractivity contribution is 8.14. The van der Waals surface area contributed by atoms with Crippen LogP contribution in [0, 0.1) is 0 Å². The van der Waals surface area contributed by atoms with E-state index >= 15 is 0 Å². The van der Waals surface area contributed by atoms with Crippen molar-refractivity contribution in [1.82, 2.24) is 4.98 Å². The summed E-state index contributed by atoms with van der Waals surface area (Å²) in [6.07, 6.45) is 2.97. The molecule has 0 bridgehead atoms. The van der Waals surface area contributed by atoms with E-state index in [0.717, 1.165) is 4.31 Å². The van der Waals surface area contributed by atoms with Gasteiger partial charge >= 0.3 is 9.24 Å². The van der Waals surface area contributed by atoms with E-state index < -0.39 is 9.24 Å². The molecule has 0 radical (unpaired) electrons. The van der Waals surface area contributed by atoms with Crippen molar-refractivity contribution >= 4 is 25.6 Å². The van der Waals surface area contributed by atoms with Gasteiger partial charge in [0.2, 0.25) is 0 Å². The van der Waals surface area contributed by atoms with Gasteiger partial charge in [-0.2, -0.15) is 8.42 Å². The Morgan fingerprint density at radius 1 is 1.58 bits per heavy atom. The zero-order valence-corrected chi connectivity index (χ0v) is 7.88. The van der Waals surface area contributed by atoms with Gasteiger partial charge in [-0.3, -0.25) is 9.29 Å². The molecule has 0 atom stereocenters. The van der Waals surface area contributed by atoms with E-state index in [9.17, 15) is 8.42 Å². The number of nitrogens with zero attached hydrogens (tertiary/aromatic N) is 2. The SMILES string of the molecule is CN(c1cccnc1)S(=O)(=O)Cl. The van der Waals surface area contributed by atoms with E-state index in [2.05, 4.69) is 4.98 Å². The van der Waals surface area contributed by atoms with Gasteiger partial charge in [-0.15, -0.1) is 0 Å². The molecule has 0 spiro atoms. The van der Waals surface area contributed by atoms with Crippen LogP contribution in [0.15, 0.2) is 24.5 Å². The molecule has 0 aliphatic carbocycles. The van der Waals surface area contributed by atoms with Crippen LogP contribution < -0.4 is 4.31 Å². The highest BCUT2D eigenvalue weighted by Gasteiger charge is 2.13. The monoisotopic (exact) mass is 206 g/mol. The lowest BCUT2D eigenvalue weighted by Gasteiger charge is -2.13. The molecule has 1 aromatic rings. The summed E-state index contributed by atoms with van der Waals surface area (Å²) in [6, 6.07) is 3.24. The third-order valence-corrected chi connectivity index (χ3v) is 2.82. The molecule has 4 nitrogen and oxygen atoms in total. The lowest BCUT2D eigenvalue weighted by Crippen LogP contribution is -2.20. The van der Waals surface area contributed by atoms with Gasteiger partial charge < -0.3 is 0 Å². The van der Waals surface area contributed by atoms with Gasteiger partial charge in [0.25, 0.3) is 0 Å². The molecule has 0 aliphatic heterocycles. The predicted molar refractivity (Wildman–Crippen MR) is 47.4 cm³/mol. The van der Waals surface area contributed by atoms with Crippen LogP contribution in [-0.2, 0) is 9.24 Å². The van der Waals surface area contributed by atoms with Crippen molar-refractivity contribution in [3.8, 4) is 0 Å². The number of rotatable bonds is 2. The topological polar surface area (TPSA) is 50.3 Å². The van der Waals surface area contributed by atoms with Crippen LogP contribution in [0.25, 0.3) is 0 Å². The van der Waals surface area contributed by atoms with Crippen molar-refractivity contribution in [2.75, 3.05) is 11.4 Å². The number of hydrogen-bond donors (Lipinski definition) is 0. The lowest BCUT2D eigenvalue weighted by molar-refractivity contribution is 0.608. The van der Waals surface area contributed by atoms with Crippen LogP contribution in [0.2, 0.25) is 0 Å². The molecule has 6 heteroatoms. The average molecular weight is 207 g/mol. The summed E-state index contributed by atoms with van der Waals surface area (Å²) in [5.41, 5.74) is 0.438. The van der Waals surface area contributed by atoms with Crippen LogP contribution in [0.3, 0.4) is 0 Å². The molecule has 12 heavy (non-hydrogen) atoms. The van der Waals surface area contributed by atoms with Gasteiger partial charge in [0.15, 0.2) is 0 Å². The highest BCUT2D eigenvalue weighted by atomic mass is 35.7. The first-order valence-corrected chi connectivity index (χ1v) is 5.37. The summed E-state index contributed by atoms with van der Waals surface area (Å²) in [7, 11) is 2.76. The largest absolute Gasteiger partial charge is 0.321 e. The van der Waals surface area contributed by atoms with E-state index in [1.807, 2.05) is 0 Å². The minimum atomic E-state index is -3.69. The fourth-order valence-electron chi connectivity index (χ4n) is 0.666.